The zero-order valence-electron chi connectivity index (χ0n) is 13.0. The van der Waals surface area contributed by atoms with Gasteiger partial charge in [-0.15, -0.1) is 0 Å². The summed E-state index contributed by atoms with van der Waals surface area (Å²) in [5.74, 6) is 0.974. The third kappa shape index (κ3) is 11.9. The Morgan fingerprint density at radius 3 is 2.22 bits per heavy atom. The minimum absolute atomic E-state index is 0.574. The van der Waals surface area contributed by atoms with Crippen molar-refractivity contribution in [3.8, 4) is 0 Å². The van der Waals surface area contributed by atoms with Crippen molar-refractivity contribution < 1.29 is 0 Å². The molecule has 1 heterocycles. The van der Waals surface area contributed by atoms with Gasteiger partial charge in [0.1, 0.15) is 0 Å². The molecule has 2 unspecified atom stereocenters. The highest BCUT2D eigenvalue weighted by Crippen LogP contribution is 2.15. The lowest BCUT2D eigenvalue weighted by atomic mass is 9.97. The predicted octanol–water partition coefficient (Wildman–Crippen LogP) is 4.79. The van der Waals surface area contributed by atoms with Crippen LogP contribution in [-0.4, -0.2) is 18.9 Å². The van der Waals surface area contributed by atoms with E-state index >= 15 is 0 Å². The highest BCUT2D eigenvalue weighted by Gasteiger charge is 2.00. The van der Waals surface area contributed by atoms with Crippen molar-refractivity contribution in [3.05, 3.63) is 0 Å². The summed E-state index contributed by atoms with van der Waals surface area (Å²) in [5.41, 5.74) is 0. The average Bonchev–Trinajstić information content (AvgIpc) is 2.84. The molecule has 2 heteroatoms. The Kier molecular flexibility index (Phi) is 12.5. The Bertz CT molecular complexity index is 182. The SMILES string of the molecule is CC1CN=CN1.CCCCCCC(C)CCCC. The molecule has 2 nitrogen and oxygen atoms in total. The Hall–Kier alpha value is -0.530. The molecule has 0 aromatic heterocycles. The number of aliphatic imine (C=N–C) groups is 1. The summed E-state index contributed by atoms with van der Waals surface area (Å²) in [5, 5.41) is 3.03. The van der Waals surface area contributed by atoms with Gasteiger partial charge in [0.15, 0.2) is 0 Å². The number of unbranched alkanes of at least 4 members (excludes halogenated alkanes) is 4. The molecule has 0 aliphatic carbocycles. The van der Waals surface area contributed by atoms with Crippen LogP contribution in [0.1, 0.15) is 79.1 Å². The van der Waals surface area contributed by atoms with Gasteiger partial charge in [0, 0.05) is 6.04 Å². The van der Waals surface area contributed by atoms with E-state index in [1.807, 2.05) is 0 Å². The van der Waals surface area contributed by atoms with E-state index in [9.17, 15) is 0 Å². The molecule has 0 radical (unpaired) electrons. The van der Waals surface area contributed by atoms with E-state index in [2.05, 4.69) is 38.0 Å². The Balaban J connectivity index is 0.000000397. The number of nitrogens with zero attached hydrogens (tertiary/aromatic N) is 1. The number of hydrogen-bond donors (Lipinski definition) is 1. The van der Waals surface area contributed by atoms with Gasteiger partial charge in [-0.3, -0.25) is 4.99 Å². The Morgan fingerprint density at radius 1 is 1.11 bits per heavy atom. The molecule has 0 saturated heterocycles. The lowest BCUT2D eigenvalue weighted by Crippen LogP contribution is -2.19. The normalized spacial score (nSPS) is 19.0. The fourth-order valence-corrected chi connectivity index (χ4v) is 2.06. The first-order valence-electron chi connectivity index (χ1n) is 7.95. The summed E-state index contributed by atoms with van der Waals surface area (Å²) in [6, 6.07) is 0.574. The van der Waals surface area contributed by atoms with Gasteiger partial charge in [-0.05, 0) is 12.8 Å². The topological polar surface area (TPSA) is 24.4 Å². The summed E-state index contributed by atoms with van der Waals surface area (Å²) in [6.45, 7) is 10.0. The molecule has 2 atom stereocenters. The molecule has 1 N–H and O–H groups in total. The van der Waals surface area contributed by atoms with E-state index in [4.69, 9.17) is 0 Å². The quantitative estimate of drug-likeness (QED) is 0.619. The molecule has 1 aliphatic rings. The zero-order valence-corrected chi connectivity index (χ0v) is 13.0. The largest absolute Gasteiger partial charge is 0.372 e. The molecule has 0 spiro atoms. The van der Waals surface area contributed by atoms with Crippen LogP contribution in [0.15, 0.2) is 4.99 Å². The van der Waals surface area contributed by atoms with E-state index < -0.39 is 0 Å². The Labute approximate surface area is 115 Å². The van der Waals surface area contributed by atoms with Gasteiger partial charge in [-0.2, -0.15) is 0 Å². The van der Waals surface area contributed by atoms with Crippen LogP contribution >= 0.6 is 0 Å². The van der Waals surface area contributed by atoms with Gasteiger partial charge in [0.05, 0.1) is 12.9 Å². The van der Waals surface area contributed by atoms with Gasteiger partial charge in [0.25, 0.3) is 0 Å². The van der Waals surface area contributed by atoms with Crippen LogP contribution in [0, 0.1) is 5.92 Å². The number of hydrogen-bond acceptors (Lipinski definition) is 2. The third-order valence-electron chi connectivity index (χ3n) is 3.43. The highest BCUT2D eigenvalue weighted by molar-refractivity contribution is 5.57. The van der Waals surface area contributed by atoms with Gasteiger partial charge >= 0.3 is 0 Å². The fourth-order valence-electron chi connectivity index (χ4n) is 2.06. The summed E-state index contributed by atoms with van der Waals surface area (Å²) in [4.78, 5) is 3.93. The van der Waals surface area contributed by atoms with Crippen LogP contribution in [0.2, 0.25) is 0 Å². The molecular weight excluding hydrogens is 220 g/mol. The summed E-state index contributed by atoms with van der Waals surface area (Å²) < 4.78 is 0. The predicted molar refractivity (Wildman–Crippen MR) is 83.4 cm³/mol. The van der Waals surface area contributed by atoms with Crippen LogP contribution in [-0.2, 0) is 0 Å². The molecule has 1 aliphatic heterocycles. The van der Waals surface area contributed by atoms with E-state index in [0.717, 1.165) is 12.5 Å². The first kappa shape index (κ1) is 17.5. The van der Waals surface area contributed by atoms with Crippen molar-refractivity contribution in [1.82, 2.24) is 5.32 Å². The van der Waals surface area contributed by atoms with Crippen molar-refractivity contribution in [1.29, 1.82) is 0 Å². The van der Waals surface area contributed by atoms with E-state index in [0.29, 0.717) is 6.04 Å². The highest BCUT2D eigenvalue weighted by atomic mass is 15.0. The van der Waals surface area contributed by atoms with Crippen molar-refractivity contribution in [2.45, 2.75) is 85.1 Å². The second-order valence-electron chi connectivity index (χ2n) is 5.66. The van der Waals surface area contributed by atoms with Crippen LogP contribution in [0.25, 0.3) is 0 Å². The third-order valence-corrected chi connectivity index (χ3v) is 3.43. The molecule has 108 valence electrons. The molecule has 0 aromatic rings. The lowest BCUT2D eigenvalue weighted by molar-refractivity contribution is 0.445. The van der Waals surface area contributed by atoms with Crippen LogP contribution in [0.5, 0.6) is 0 Å². The maximum Gasteiger partial charge on any atom is 0.0827 e. The maximum atomic E-state index is 3.93. The molecule has 0 saturated carbocycles. The van der Waals surface area contributed by atoms with Crippen molar-refractivity contribution >= 4 is 6.34 Å². The van der Waals surface area contributed by atoms with Crippen LogP contribution in [0.3, 0.4) is 0 Å². The fraction of sp³-hybridized carbons (Fsp3) is 0.938. The molecular formula is C16H34N2. The second-order valence-corrected chi connectivity index (χ2v) is 5.66. The van der Waals surface area contributed by atoms with Crippen molar-refractivity contribution in [2.24, 2.45) is 10.9 Å². The maximum absolute atomic E-state index is 3.93. The summed E-state index contributed by atoms with van der Waals surface area (Å²) >= 11 is 0. The first-order valence-corrected chi connectivity index (χ1v) is 7.95. The van der Waals surface area contributed by atoms with E-state index in [1.54, 1.807) is 6.34 Å². The van der Waals surface area contributed by atoms with Crippen molar-refractivity contribution in [2.75, 3.05) is 6.54 Å². The molecule has 0 bridgehead atoms. The molecule has 0 fully saturated rings. The van der Waals surface area contributed by atoms with Crippen LogP contribution < -0.4 is 5.32 Å². The van der Waals surface area contributed by atoms with Gasteiger partial charge < -0.3 is 5.32 Å². The molecule has 0 amide bonds. The van der Waals surface area contributed by atoms with Crippen LogP contribution in [0.4, 0.5) is 0 Å². The van der Waals surface area contributed by atoms with E-state index in [-0.39, 0.29) is 0 Å². The van der Waals surface area contributed by atoms with Crippen molar-refractivity contribution in [3.63, 3.8) is 0 Å². The monoisotopic (exact) mass is 254 g/mol. The zero-order chi connectivity index (χ0) is 13.6. The standard InChI is InChI=1S/C12H26.C4H8N2/c1-4-6-8-9-11-12(3)10-7-5-2;1-4-2-5-3-6-4/h12H,4-11H2,1-3H3;3-4H,2H2,1H3,(H,5,6). The Morgan fingerprint density at radius 2 is 1.78 bits per heavy atom. The van der Waals surface area contributed by atoms with Gasteiger partial charge in [-0.1, -0.05) is 72.1 Å². The van der Waals surface area contributed by atoms with Gasteiger partial charge in [0.2, 0.25) is 0 Å². The van der Waals surface area contributed by atoms with E-state index in [1.165, 1.54) is 51.4 Å². The molecule has 0 aromatic carbocycles. The first-order chi connectivity index (χ1) is 8.70. The number of rotatable bonds is 8. The average molecular weight is 254 g/mol. The number of nitrogens with one attached hydrogen (secondary N) is 1. The summed E-state index contributed by atoms with van der Waals surface area (Å²) in [6.07, 6.45) is 13.1. The molecule has 1 rings (SSSR count). The minimum atomic E-state index is 0.574. The minimum Gasteiger partial charge on any atom is -0.372 e. The smallest absolute Gasteiger partial charge is 0.0827 e. The lowest BCUT2D eigenvalue weighted by Gasteiger charge is -2.09. The molecule has 18 heavy (non-hydrogen) atoms. The summed E-state index contributed by atoms with van der Waals surface area (Å²) in [7, 11) is 0. The van der Waals surface area contributed by atoms with Gasteiger partial charge in [-0.25, -0.2) is 0 Å². The second kappa shape index (κ2) is 12.9.